The molecule has 1 fully saturated rings. The van der Waals surface area contributed by atoms with E-state index in [1.807, 2.05) is 38.1 Å². The summed E-state index contributed by atoms with van der Waals surface area (Å²) in [5.74, 6) is 0.195. The van der Waals surface area contributed by atoms with E-state index in [0.717, 1.165) is 16.7 Å². The number of hydrogen-bond acceptors (Lipinski definition) is 6. The third kappa shape index (κ3) is 4.43. The normalized spacial score (nSPS) is 17.2. The molecule has 0 unspecified atom stereocenters. The van der Waals surface area contributed by atoms with E-state index in [1.54, 1.807) is 37.5 Å². The fraction of sp³-hybridized carbons (Fsp3) is 0.190. The molecule has 2 aromatic carbocycles. The molecule has 28 heavy (non-hydrogen) atoms. The summed E-state index contributed by atoms with van der Waals surface area (Å²) in [5, 5.41) is 15.9. The summed E-state index contributed by atoms with van der Waals surface area (Å²) in [6.07, 6.45) is 3.38. The second-order valence-electron chi connectivity index (χ2n) is 6.05. The third-order valence-corrected chi connectivity index (χ3v) is 5.01. The molecule has 144 valence electrons. The van der Waals surface area contributed by atoms with Gasteiger partial charge in [0.25, 0.3) is 5.91 Å². The zero-order chi connectivity index (χ0) is 20.1. The number of phenolic OH excluding ortho intramolecular Hbond substituents is 1. The van der Waals surface area contributed by atoms with Crippen molar-refractivity contribution in [2.75, 3.05) is 13.7 Å². The number of ether oxygens (including phenoxy) is 1. The Bertz CT molecular complexity index is 965. The third-order valence-electron chi connectivity index (χ3n) is 3.96. The number of nitrogens with zero attached hydrogens (tertiary/aromatic N) is 3. The fourth-order valence-corrected chi connectivity index (χ4v) is 3.40. The molecule has 0 saturated carbocycles. The first-order valence-electron chi connectivity index (χ1n) is 8.79. The number of amidine groups is 1. The lowest BCUT2D eigenvalue weighted by Crippen LogP contribution is -2.23. The van der Waals surface area contributed by atoms with E-state index in [0.29, 0.717) is 22.4 Å². The van der Waals surface area contributed by atoms with Gasteiger partial charge in [-0.3, -0.25) is 9.79 Å². The second kappa shape index (κ2) is 8.75. The van der Waals surface area contributed by atoms with Gasteiger partial charge in [0.15, 0.2) is 16.7 Å². The van der Waals surface area contributed by atoms with Crippen LogP contribution in [0.4, 0.5) is 0 Å². The predicted molar refractivity (Wildman–Crippen MR) is 114 cm³/mol. The summed E-state index contributed by atoms with van der Waals surface area (Å²) in [6.45, 7) is 4.30. The highest BCUT2D eigenvalue weighted by Gasteiger charge is 2.33. The average Bonchev–Trinajstić information content (AvgIpc) is 2.99. The summed E-state index contributed by atoms with van der Waals surface area (Å²) in [5.41, 5.74) is 2.80. The highest BCUT2D eigenvalue weighted by atomic mass is 32.2. The topological polar surface area (TPSA) is 74.5 Å². The molecule has 7 heteroatoms. The van der Waals surface area contributed by atoms with Crippen molar-refractivity contribution in [1.82, 2.24) is 5.01 Å². The number of carbonyl (C=O) groups is 1. The van der Waals surface area contributed by atoms with Crippen molar-refractivity contribution in [2.24, 2.45) is 10.1 Å². The van der Waals surface area contributed by atoms with Crippen LogP contribution in [0.5, 0.6) is 11.5 Å². The summed E-state index contributed by atoms with van der Waals surface area (Å²) in [6, 6.07) is 12.8. The highest BCUT2D eigenvalue weighted by molar-refractivity contribution is 8.18. The van der Waals surface area contributed by atoms with E-state index in [9.17, 15) is 9.90 Å². The molecule has 0 aromatic heterocycles. The van der Waals surface area contributed by atoms with Gasteiger partial charge in [-0.15, -0.1) is 0 Å². The molecular formula is C21H21N3O3S. The Labute approximate surface area is 168 Å². The molecule has 0 spiro atoms. The van der Waals surface area contributed by atoms with E-state index in [-0.39, 0.29) is 11.7 Å². The summed E-state index contributed by atoms with van der Waals surface area (Å²) < 4.78 is 5.40. The number of aromatic hydroxyl groups is 1. The van der Waals surface area contributed by atoms with Crippen LogP contribution in [0, 0.1) is 6.92 Å². The number of aryl methyl sites for hydroxylation is 1. The maximum absolute atomic E-state index is 12.8. The summed E-state index contributed by atoms with van der Waals surface area (Å²) in [7, 11) is 1.63. The van der Waals surface area contributed by atoms with E-state index in [4.69, 9.17) is 4.74 Å². The molecule has 6 nitrogen and oxygen atoms in total. The van der Waals surface area contributed by atoms with Crippen molar-refractivity contribution < 1.29 is 14.6 Å². The minimum Gasteiger partial charge on any atom is -0.504 e. The van der Waals surface area contributed by atoms with Gasteiger partial charge in [0.1, 0.15) is 0 Å². The largest absolute Gasteiger partial charge is 0.504 e. The van der Waals surface area contributed by atoms with Crippen LogP contribution in [0.25, 0.3) is 6.08 Å². The van der Waals surface area contributed by atoms with Gasteiger partial charge in [-0.1, -0.05) is 35.9 Å². The lowest BCUT2D eigenvalue weighted by atomic mass is 10.2. The Kier molecular flexibility index (Phi) is 6.16. The molecule has 1 N–H and O–H groups in total. The van der Waals surface area contributed by atoms with Crippen molar-refractivity contribution in [3.63, 3.8) is 0 Å². The minimum atomic E-state index is -0.250. The highest BCUT2D eigenvalue weighted by Crippen LogP contribution is 2.34. The minimum absolute atomic E-state index is 0.0644. The van der Waals surface area contributed by atoms with Crippen molar-refractivity contribution in [3.05, 3.63) is 64.1 Å². The van der Waals surface area contributed by atoms with Crippen LogP contribution in [-0.2, 0) is 4.79 Å². The van der Waals surface area contributed by atoms with Crippen molar-refractivity contribution in [3.8, 4) is 11.5 Å². The number of hydrogen-bond donors (Lipinski definition) is 1. The van der Waals surface area contributed by atoms with Crippen LogP contribution in [0.1, 0.15) is 23.6 Å². The Hall–Kier alpha value is -3.06. The quantitative estimate of drug-likeness (QED) is 0.613. The van der Waals surface area contributed by atoms with E-state index in [1.165, 1.54) is 16.8 Å². The fourth-order valence-electron chi connectivity index (χ4n) is 2.53. The van der Waals surface area contributed by atoms with E-state index >= 15 is 0 Å². The van der Waals surface area contributed by atoms with Crippen LogP contribution in [0.3, 0.4) is 0 Å². The van der Waals surface area contributed by atoms with Crippen LogP contribution in [-0.4, -0.2) is 41.1 Å². The summed E-state index contributed by atoms with van der Waals surface area (Å²) in [4.78, 5) is 17.5. The van der Waals surface area contributed by atoms with Crippen molar-refractivity contribution in [1.29, 1.82) is 0 Å². The Morgan fingerprint density at radius 3 is 2.57 bits per heavy atom. The molecule has 1 amide bonds. The smallest absolute Gasteiger partial charge is 0.287 e. The number of aliphatic imine (C=N–C) groups is 1. The van der Waals surface area contributed by atoms with Gasteiger partial charge in [-0.2, -0.15) is 10.1 Å². The molecule has 3 rings (SSSR count). The van der Waals surface area contributed by atoms with Gasteiger partial charge >= 0.3 is 0 Å². The first-order chi connectivity index (χ1) is 13.5. The lowest BCUT2D eigenvalue weighted by Gasteiger charge is -2.07. The zero-order valence-electron chi connectivity index (χ0n) is 15.9. The maximum atomic E-state index is 12.8. The maximum Gasteiger partial charge on any atom is 0.287 e. The van der Waals surface area contributed by atoms with Crippen molar-refractivity contribution in [2.45, 2.75) is 13.8 Å². The van der Waals surface area contributed by atoms with Crippen LogP contribution in [0.15, 0.2) is 57.5 Å². The zero-order valence-corrected chi connectivity index (χ0v) is 16.7. The molecule has 2 aromatic rings. The number of thioether (sulfide) groups is 1. The van der Waals surface area contributed by atoms with Gasteiger partial charge in [0.05, 0.1) is 17.7 Å². The monoisotopic (exact) mass is 395 g/mol. The number of hydrazone groups is 1. The molecule has 1 aliphatic heterocycles. The van der Waals surface area contributed by atoms with Gasteiger partial charge in [-0.25, -0.2) is 0 Å². The van der Waals surface area contributed by atoms with Crippen LogP contribution >= 0.6 is 11.8 Å². The average molecular weight is 395 g/mol. The molecule has 0 bridgehead atoms. The van der Waals surface area contributed by atoms with E-state index in [2.05, 4.69) is 10.1 Å². The Morgan fingerprint density at radius 2 is 1.89 bits per heavy atom. The second-order valence-corrected chi connectivity index (χ2v) is 7.06. The van der Waals surface area contributed by atoms with Crippen LogP contribution in [0.2, 0.25) is 0 Å². The molecule has 0 atom stereocenters. The SMILES string of the molecule is CCOc1cc(C=C2SC(=NC)N(N=Cc3ccc(C)cc3)C2=O)ccc1O. The molecule has 1 heterocycles. The first kappa shape index (κ1) is 19.7. The van der Waals surface area contributed by atoms with Gasteiger partial charge < -0.3 is 9.84 Å². The molecule has 1 aliphatic rings. The van der Waals surface area contributed by atoms with Gasteiger partial charge in [-0.05, 0) is 54.9 Å². The molecule has 1 saturated heterocycles. The number of carbonyl (C=O) groups excluding carboxylic acids is 1. The summed E-state index contributed by atoms with van der Waals surface area (Å²) >= 11 is 1.25. The van der Waals surface area contributed by atoms with Gasteiger partial charge in [0.2, 0.25) is 0 Å². The number of rotatable bonds is 5. The number of phenols is 1. The van der Waals surface area contributed by atoms with Crippen molar-refractivity contribution >= 4 is 35.1 Å². The van der Waals surface area contributed by atoms with E-state index < -0.39 is 0 Å². The molecular weight excluding hydrogens is 374 g/mol. The number of benzene rings is 2. The Balaban J connectivity index is 1.85. The molecule has 0 aliphatic carbocycles. The van der Waals surface area contributed by atoms with Gasteiger partial charge in [0, 0.05) is 7.05 Å². The number of amides is 1. The lowest BCUT2D eigenvalue weighted by molar-refractivity contribution is -0.122. The standard InChI is InChI=1S/C21H21N3O3S/c1-4-27-18-11-16(9-10-17(18)25)12-19-20(26)24(21(22-3)28-19)23-13-15-7-5-14(2)6-8-15/h5-13,25H,4H2,1-3H3. The first-order valence-corrected chi connectivity index (χ1v) is 9.60. The Morgan fingerprint density at radius 1 is 1.18 bits per heavy atom. The predicted octanol–water partition coefficient (Wildman–Crippen LogP) is 4.04. The van der Waals surface area contributed by atoms with Crippen LogP contribution < -0.4 is 4.74 Å². The molecule has 0 radical (unpaired) electrons.